The summed E-state index contributed by atoms with van der Waals surface area (Å²) in [5, 5.41) is 3.66. The molecule has 19 heavy (non-hydrogen) atoms. The van der Waals surface area contributed by atoms with Gasteiger partial charge in [0.05, 0.1) is 0 Å². The van der Waals surface area contributed by atoms with Crippen LogP contribution in [0.5, 0.6) is 0 Å². The normalized spacial score (nSPS) is 16.5. The second kappa shape index (κ2) is 7.66. The monoisotopic (exact) mass is 261 g/mol. The molecule has 2 nitrogen and oxygen atoms in total. The van der Waals surface area contributed by atoms with Gasteiger partial charge in [-0.25, -0.2) is 0 Å². The summed E-state index contributed by atoms with van der Waals surface area (Å²) in [5.74, 6) is 0.689. The van der Waals surface area contributed by atoms with E-state index in [2.05, 4.69) is 43.4 Å². The zero-order valence-corrected chi connectivity index (χ0v) is 12.3. The van der Waals surface area contributed by atoms with Gasteiger partial charge >= 0.3 is 0 Å². The van der Waals surface area contributed by atoms with Gasteiger partial charge in [-0.15, -0.1) is 0 Å². The van der Waals surface area contributed by atoms with Crippen molar-refractivity contribution in [3.05, 3.63) is 35.4 Å². The van der Waals surface area contributed by atoms with Gasteiger partial charge in [0.2, 0.25) is 0 Å². The zero-order valence-electron chi connectivity index (χ0n) is 12.3. The van der Waals surface area contributed by atoms with Crippen LogP contribution in [0.2, 0.25) is 0 Å². The molecule has 0 heterocycles. The second-order valence-corrected chi connectivity index (χ2v) is 5.73. The van der Waals surface area contributed by atoms with Crippen LogP contribution < -0.4 is 5.32 Å². The summed E-state index contributed by atoms with van der Waals surface area (Å²) in [6, 6.07) is 9.69. The van der Waals surface area contributed by atoms with Crippen LogP contribution in [0.25, 0.3) is 0 Å². The van der Waals surface area contributed by atoms with Crippen LogP contribution in [-0.4, -0.2) is 25.8 Å². The molecule has 0 aliphatic heterocycles. The summed E-state index contributed by atoms with van der Waals surface area (Å²) in [5.41, 5.74) is 2.82. The van der Waals surface area contributed by atoms with Crippen LogP contribution >= 0.6 is 0 Å². The first kappa shape index (κ1) is 14.5. The van der Waals surface area contributed by atoms with Gasteiger partial charge in [-0.2, -0.15) is 0 Å². The summed E-state index contributed by atoms with van der Waals surface area (Å²) < 4.78 is 5.52. The van der Waals surface area contributed by atoms with E-state index in [1.54, 1.807) is 0 Å². The zero-order chi connectivity index (χ0) is 13.5. The SMILES string of the molecule is CCOCCC(CNC1CC1)Cc1cccc(C)c1. The predicted octanol–water partition coefficient (Wildman–Crippen LogP) is 3.33. The summed E-state index contributed by atoms with van der Waals surface area (Å²) in [6.45, 7) is 7.08. The third-order valence-electron chi connectivity index (χ3n) is 3.75. The highest BCUT2D eigenvalue weighted by Gasteiger charge is 2.21. The first-order valence-electron chi connectivity index (χ1n) is 7.64. The van der Waals surface area contributed by atoms with Crippen LogP contribution in [-0.2, 0) is 11.2 Å². The molecule has 0 aromatic heterocycles. The van der Waals surface area contributed by atoms with E-state index in [-0.39, 0.29) is 0 Å². The molecule has 106 valence electrons. The Bertz CT molecular complexity index is 373. The van der Waals surface area contributed by atoms with Crippen LogP contribution in [0, 0.1) is 12.8 Å². The molecule has 0 radical (unpaired) electrons. The lowest BCUT2D eigenvalue weighted by molar-refractivity contribution is 0.131. The maximum atomic E-state index is 5.52. The molecule has 1 unspecified atom stereocenters. The van der Waals surface area contributed by atoms with E-state index in [9.17, 15) is 0 Å². The summed E-state index contributed by atoms with van der Waals surface area (Å²) >= 11 is 0. The highest BCUT2D eigenvalue weighted by Crippen LogP contribution is 2.20. The molecule has 1 aliphatic rings. The molecular weight excluding hydrogens is 234 g/mol. The first-order chi connectivity index (χ1) is 9.28. The number of benzene rings is 1. The Balaban J connectivity index is 1.83. The highest BCUT2D eigenvalue weighted by molar-refractivity contribution is 5.22. The fourth-order valence-corrected chi connectivity index (χ4v) is 2.46. The molecule has 1 atom stereocenters. The van der Waals surface area contributed by atoms with E-state index < -0.39 is 0 Å². The number of ether oxygens (including phenoxy) is 1. The van der Waals surface area contributed by atoms with Crippen molar-refractivity contribution in [2.45, 2.75) is 45.6 Å². The quantitative estimate of drug-likeness (QED) is 0.688. The first-order valence-corrected chi connectivity index (χ1v) is 7.64. The van der Waals surface area contributed by atoms with Crippen molar-refractivity contribution < 1.29 is 4.74 Å². The number of hydrogen-bond acceptors (Lipinski definition) is 2. The molecule has 0 spiro atoms. The largest absolute Gasteiger partial charge is 0.382 e. The lowest BCUT2D eigenvalue weighted by atomic mass is 9.95. The van der Waals surface area contributed by atoms with Gasteiger partial charge in [0, 0.05) is 19.3 Å². The maximum Gasteiger partial charge on any atom is 0.0469 e. The van der Waals surface area contributed by atoms with Gasteiger partial charge in [-0.3, -0.25) is 0 Å². The average Bonchev–Trinajstić information content (AvgIpc) is 3.20. The lowest BCUT2D eigenvalue weighted by Gasteiger charge is -2.18. The predicted molar refractivity (Wildman–Crippen MR) is 80.5 cm³/mol. The Kier molecular flexibility index (Phi) is 5.87. The third-order valence-corrected chi connectivity index (χ3v) is 3.75. The number of nitrogens with one attached hydrogen (secondary N) is 1. The molecule has 1 aliphatic carbocycles. The molecule has 1 aromatic carbocycles. The smallest absolute Gasteiger partial charge is 0.0469 e. The van der Waals surface area contributed by atoms with Crippen molar-refractivity contribution in [1.29, 1.82) is 0 Å². The molecular formula is C17H27NO. The van der Waals surface area contributed by atoms with Gasteiger partial charge in [0.15, 0.2) is 0 Å². The van der Waals surface area contributed by atoms with Gasteiger partial charge in [0.25, 0.3) is 0 Å². The minimum atomic E-state index is 0.689. The lowest BCUT2D eigenvalue weighted by Crippen LogP contribution is -2.27. The Labute approximate surface area is 117 Å². The van der Waals surface area contributed by atoms with E-state index in [1.807, 2.05) is 0 Å². The maximum absolute atomic E-state index is 5.52. The van der Waals surface area contributed by atoms with Gasteiger partial charge < -0.3 is 10.1 Å². The molecule has 1 fully saturated rings. The molecule has 1 N–H and O–H groups in total. The number of hydrogen-bond donors (Lipinski definition) is 1. The van der Waals surface area contributed by atoms with Crippen molar-refractivity contribution in [3.8, 4) is 0 Å². The third kappa shape index (κ3) is 5.75. The molecule has 1 saturated carbocycles. The van der Waals surface area contributed by atoms with Crippen molar-refractivity contribution in [2.75, 3.05) is 19.8 Å². The summed E-state index contributed by atoms with van der Waals surface area (Å²) in [7, 11) is 0. The Morgan fingerprint density at radius 2 is 2.21 bits per heavy atom. The molecule has 0 bridgehead atoms. The molecule has 1 aromatic rings. The van der Waals surface area contributed by atoms with Gasteiger partial charge in [0.1, 0.15) is 0 Å². The minimum absolute atomic E-state index is 0.689. The Morgan fingerprint density at radius 3 is 2.89 bits per heavy atom. The topological polar surface area (TPSA) is 21.3 Å². The van der Waals surface area contributed by atoms with Crippen molar-refractivity contribution in [3.63, 3.8) is 0 Å². The van der Waals surface area contributed by atoms with Crippen molar-refractivity contribution in [2.24, 2.45) is 5.92 Å². The molecule has 2 rings (SSSR count). The Hall–Kier alpha value is -0.860. The number of aryl methyl sites for hydroxylation is 1. The standard InChI is InChI=1S/C17H27NO/c1-3-19-10-9-16(13-18-17-7-8-17)12-15-6-4-5-14(2)11-15/h4-6,11,16-18H,3,7-10,12-13H2,1-2H3. The van der Waals surface area contributed by atoms with Crippen molar-refractivity contribution in [1.82, 2.24) is 5.32 Å². The number of rotatable bonds is 9. The van der Waals surface area contributed by atoms with E-state index in [0.717, 1.165) is 38.6 Å². The summed E-state index contributed by atoms with van der Waals surface area (Å²) in [6.07, 6.45) is 5.04. The second-order valence-electron chi connectivity index (χ2n) is 5.73. The highest BCUT2D eigenvalue weighted by atomic mass is 16.5. The van der Waals surface area contributed by atoms with Crippen LogP contribution in [0.4, 0.5) is 0 Å². The molecule has 2 heteroatoms. The van der Waals surface area contributed by atoms with Crippen LogP contribution in [0.3, 0.4) is 0 Å². The fraction of sp³-hybridized carbons (Fsp3) is 0.647. The molecule has 0 amide bonds. The average molecular weight is 261 g/mol. The Morgan fingerprint density at radius 1 is 1.37 bits per heavy atom. The van der Waals surface area contributed by atoms with E-state index in [0.29, 0.717) is 5.92 Å². The van der Waals surface area contributed by atoms with Gasteiger partial charge in [-0.05, 0) is 57.6 Å². The van der Waals surface area contributed by atoms with Crippen LogP contribution in [0.1, 0.15) is 37.3 Å². The van der Waals surface area contributed by atoms with E-state index in [1.165, 1.54) is 24.0 Å². The van der Waals surface area contributed by atoms with Crippen LogP contribution in [0.15, 0.2) is 24.3 Å². The molecule has 0 saturated heterocycles. The fourth-order valence-electron chi connectivity index (χ4n) is 2.46. The van der Waals surface area contributed by atoms with Gasteiger partial charge in [-0.1, -0.05) is 29.8 Å². The minimum Gasteiger partial charge on any atom is -0.382 e. The van der Waals surface area contributed by atoms with E-state index >= 15 is 0 Å². The van der Waals surface area contributed by atoms with Crippen molar-refractivity contribution >= 4 is 0 Å². The summed E-state index contributed by atoms with van der Waals surface area (Å²) in [4.78, 5) is 0. The van der Waals surface area contributed by atoms with E-state index in [4.69, 9.17) is 4.74 Å².